The Labute approximate surface area is 190 Å². The van der Waals surface area contributed by atoms with E-state index in [1.807, 2.05) is 18.2 Å². The minimum atomic E-state index is 0.224. The Balaban J connectivity index is 1.39. The van der Waals surface area contributed by atoms with Crippen LogP contribution >= 0.6 is 0 Å². The minimum Gasteiger partial charge on any atom is -0.474 e. The van der Waals surface area contributed by atoms with Crippen molar-refractivity contribution < 1.29 is 4.74 Å². The monoisotopic (exact) mass is 431 g/mol. The molecule has 5 rings (SSSR count). The van der Waals surface area contributed by atoms with Crippen LogP contribution in [0.25, 0.3) is 5.69 Å². The third kappa shape index (κ3) is 4.42. The summed E-state index contributed by atoms with van der Waals surface area (Å²) in [4.78, 5) is 4.31. The van der Waals surface area contributed by atoms with Crippen molar-refractivity contribution in [2.45, 2.75) is 83.4 Å². The molecule has 0 amide bonds. The van der Waals surface area contributed by atoms with Gasteiger partial charge in [0.05, 0.1) is 5.69 Å². The number of fused-ring (bicyclic) bond motifs is 3. The molecule has 0 radical (unpaired) electrons. The fraction of sp³-hybridized carbons (Fsp3) is 0.500. The van der Waals surface area contributed by atoms with Gasteiger partial charge in [0, 0.05) is 36.7 Å². The number of nitrogens with zero attached hydrogens (tertiary/aromatic N) is 4. The summed E-state index contributed by atoms with van der Waals surface area (Å²) in [5.41, 5.74) is 3.94. The van der Waals surface area contributed by atoms with Crippen LogP contribution in [0.3, 0.4) is 0 Å². The summed E-state index contributed by atoms with van der Waals surface area (Å²) in [6.07, 6.45) is 8.08. The van der Waals surface area contributed by atoms with Crippen LogP contribution in [0, 0.1) is 6.92 Å². The van der Waals surface area contributed by atoms with E-state index in [0.29, 0.717) is 18.0 Å². The second-order valence-electron chi connectivity index (χ2n) is 9.63. The van der Waals surface area contributed by atoms with Crippen molar-refractivity contribution in [3.63, 3.8) is 0 Å². The maximum Gasteiger partial charge on any atom is 0.213 e. The first kappa shape index (κ1) is 21.1. The molecule has 6 nitrogen and oxygen atoms in total. The van der Waals surface area contributed by atoms with E-state index in [4.69, 9.17) is 9.84 Å². The van der Waals surface area contributed by atoms with Gasteiger partial charge in [0.2, 0.25) is 5.88 Å². The molecule has 32 heavy (non-hydrogen) atoms. The molecule has 3 aromatic rings. The molecule has 1 atom stereocenters. The lowest BCUT2D eigenvalue weighted by atomic mass is 9.86. The summed E-state index contributed by atoms with van der Waals surface area (Å²) in [6, 6.07) is 13.4. The predicted molar refractivity (Wildman–Crippen MR) is 125 cm³/mol. The fourth-order valence-electron chi connectivity index (χ4n) is 5.26. The molecule has 0 bridgehead atoms. The number of nitrogens with one attached hydrogen (secondary N) is 1. The SMILES string of the molecule is Cc1ccc2c(c1)CC(NC(C)C)Cc1nnc(C3CCC(Oc4ccccn4)CC3)n1-2. The summed E-state index contributed by atoms with van der Waals surface area (Å²) >= 11 is 0. The summed E-state index contributed by atoms with van der Waals surface area (Å²) in [5.74, 6) is 3.32. The number of pyridine rings is 1. The third-order valence-corrected chi connectivity index (χ3v) is 6.66. The van der Waals surface area contributed by atoms with E-state index in [-0.39, 0.29) is 6.10 Å². The average molecular weight is 432 g/mol. The van der Waals surface area contributed by atoms with Crippen molar-refractivity contribution in [2.75, 3.05) is 0 Å². The quantitative estimate of drug-likeness (QED) is 0.642. The Morgan fingerprint density at radius 2 is 1.88 bits per heavy atom. The first-order chi connectivity index (χ1) is 15.6. The highest BCUT2D eigenvalue weighted by atomic mass is 16.5. The zero-order chi connectivity index (χ0) is 22.1. The highest BCUT2D eigenvalue weighted by Crippen LogP contribution is 2.36. The molecule has 1 fully saturated rings. The van der Waals surface area contributed by atoms with E-state index in [9.17, 15) is 0 Å². The van der Waals surface area contributed by atoms with Gasteiger partial charge in [0.15, 0.2) is 0 Å². The number of hydrogen-bond donors (Lipinski definition) is 1. The molecule has 2 aromatic heterocycles. The number of hydrogen-bond acceptors (Lipinski definition) is 5. The Kier molecular flexibility index (Phi) is 5.96. The number of ether oxygens (including phenoxy) is 1. The van der Waals surface area contributed by atoms with Gasteiger partial charge in [0.1, 0.15) is 17.8 Å². The van der Waals surface area contributed by atoms with Crippen LogP contribution in [-0.2, 0) is 12.8 Å². The van der Waals surface area contributed by atoms with Crippen LogP contribution in [0.2, 0.25) is 0 Å². The lowest BCUT2D eigenvalue weighted by molar-refractivity contribution is 0.139. The van der Waals surface area contributed by atoms with E-state index in [0.717, 1.165) is 56.1 Å². The van der Waals surface area contributed by atoms with Crippen molar-refractivity contribution in [1.29, 1.82) is 0 Å². The summed E-state index contributed by atoms with van der Waals surface area (Å²) in [7, 11) is 0. The van der Waals surface area contributed by atoms with Gasteiger partial charge in [-0.2, -0.15) is 0 Å². The van der Waals surface area contributed by atoms with Gasteiger partial charge >= 0.3 is 0 Å². The molecule has 0 saturated heterocycles. The third-order valence-electron chi connectivity index (χ3n) is 6.66. The molecule has 1 aliphatic carbocycles. The molecule has 1 aliphatic heterocycles. The molecule has 1 aromatic carbocycles. The van der Waals surface area contributed by atoms with Crippen LogP contribution in [0.15, 0.2) is 42.6 Å². The lowest BCUT2D eigenvalue weighted by Crippen LogP contribution is -2.37. The standard InChI is InChI=1S/C26H33N5O/c1-17(2)28-21-15-20-14-18(3)7-12-23(20)31-24(16-21)29-30-26(31)19-8-10-22(11-9-19)32-25-6-4-5-13-27-25/h4-7,12-14,17,19,21-22,28H,8-11,15-16H2,1-3H3. The largest absolute Gasteiger partial charge is 0.474 e. The number of aromatic nitrogens is 4. The van der Waals surface area contributed by atoms with E-state index < -0.39 is 0 Å². The normalized spacial score (nSPS) is 22.8. The number of aryl methyl sites for hydroxylation is 1. The van der Waals surface area contributed by atoms with Crippen molar-refractivity contribution in [2.24, 2.45) is 0 Å². The molecular formula is C26H33N5O. The first-order valence-corrected chi connectivity index (χ1v) is 11.9. The molecule has 3 heterocycles. The highest BCUT2D eigenvalue weighted by Gasteiger charge is 2.31. The second kappa shape index (κ2) is 9.02. The van der Waals surface area contributed by atoms with Crippen molar-refractivity contribution in [1.82, 2.24) is 25.1 Å². The number of rotatable bonds is 5. The van der Waals surface area contributed by atoms with Gasteiger partial charge in [-0.25, -0.2) is 4.98 Å². The van der Waals surface area contributed by atoms with Gasteiger partial charge in [-0.1, -0.05) is 37.6 Å². The first-order valence-electron chi connectivity index (χ1n) is 11.9. The topological polar surface area (TPSA) is 64.9 Å². The van der Waals surface area contributed by atoms with Gasteiger partial charge in [-0.15, -0.1) is 10.2 Å². The second-order valence-corrected chi connectivity index (χ2v) is 9.63. The van der Waals surface area contributed by atoms with Crippen molar-refractivity contribution >= 4 is 0 Å². The fourth-order valence-corrected chi connectivity index (χ4v) is 5.26. The molecule has 1 saturated carbocycles. The predicted octanol–water partition coefficient (Wildman–Crippen LogP) is 4.54. The zero-order valence-electron chi connectivity index (χ0n) is 19.3. The van der Waals surface area contributed by atoms with Crippen LogP contribution in [0.1, 0.15) is 68.2 Å². The molecule has 1 N–H and O–H groups in total. The van der Waals surface area contributed by atoms with E-state index >= 15 is 0 Å². The van der Waals surface area contributed by atoms with Gasteiger partial charge in [-0.3, -0.25) is 4.57 Å². The minimum absolute atomic E-state index is 0.224. The molecule has 168 valence electrons. The maximum atomic E-state index is 6.11. The molecule has 0 spiro atoms. The van der Waals surface area contributed by atoms with Gasteiger partial charge in [-0.05, 0) is 56.7 Å². The van der Waals surface area contributed by atoms with Gasteiger partial charge in [0.25, 0.3) is 0 Å². The van der Waals surface area contributed by atoms with Crippen molar-refractivity contribution in [3.8, 4) is 11.6 Å². The Bertz CT molecular complexity index is 1050. The Hall–Kier alpha value is -2.73. The van der Waals surface area contributed by atoms with Gasteiger partial charge < -0.3 is 10.1 Å². The Morgan fingerprint density at radius 1 is 1.03 bits per heavy atom. The summed E-state index contributed by atoms with van der Waals surface area (Å²) < 4.78 is 8.47. The van der Waals surface area contributed by atoms with Crippen molar-refractivity contribution in [3.05, 3.63) is 65.4 Å². The number of benzene rings is 1. The van der Waals surface area contributed by atoms with Crippen LogP contribution in [-0.4, -0.2) is 37.9 Å². The Morgan fingerprint density at radius 3 is 2.62 bits per heavy atom. The maximum absolute atomic E-state index is 6.11. The smallest absolute Gasteiger partial charge is 0.213 e. The van der Waals surface area contributed by atoms with Crippen LogP contribution < -0.4 is 10.1 Å². The van der Waals surface area contributed by atoms with E-state index in [2.05, 4.69) is 58.9 Å². The zero-order valence-corrected chi connectivity index (χ0v) is 19.3. The average Bonchev–Trinajstić information content (AvgIpc) is 3.11. The molecular weight excluding hydrogens is 398 g/mol. The van der Waals surface area contributed by atoms with Crippen LogP contribution in [0.4, 0.5) is 0 Å². The molecule has 2 aliphatic rings. The molecule has 6 heteroatoms. The summed E-state index contributed by atoms with van der Waals surface area (Å²) in [6.45, 7) is 6.60. The summed E-state index contributed by atoms with van der Waals surface area (Å²) in [5, 5.41) is 13.2. The van der Waals surface area contributed by atoms with Crippen LogP contribution in [0.5, 0.6) is 5.88 Å². The highest BCUT2D eigenvalue weighted by molar-refractivity contribution is 5.47. The van der Waals surface area contributed by atoms with E-state index in [1.165, 1.54) is 16.8 Å². The molecule has 1 unspecified atom stereocenters. The lowest BCUT2D eigenvalue weighted by Gasteiger charge is -2.28. The van der Waals surface area contributed by atoms with E-state index in [1.54, 1.807) is 6.20 Å².